The third-order valence-corrected chi connectivity index (χ3v) is 7.05. The van der Waals surface area contributed by atoms with E-state index < -0.39 is 5.82 Å². The van der Waals surface area contributed by atoms with Crippen LogP contribution in [0.1, 0.15) is 12.0 Å². The Kier molecular flexibility index (Phi) is 6.32. The third-order valence-electron chi connectivity index (χ3n) is 6.75. The fraction of sp³-hybridized carbons (Fsp3) is 0.259. The summed E-state index contributed by atoms with van der Waals surface area (Å²) < 4.78 is 16.3. The van der Waals surface area contributed by atoms with Crippen molar-refractivity contribution in [3.8, 4) is 28.0 Å². The number of halogens is 2. The second kappa shape index (κ2) is 9.44. The van der Waals surface area contributed by atoms with Crippen molar-refractivity contribution in [1.82, 2.24) is 14.8 Å². The Labute approximate surface area is 213 Å². The molecule has 0 aliphatic carbocycles. The van der Waals surface area contributed by atoms with E-state index in [4.69, 9.17) is 11.6 Å². The van der Waals surface area contributed by atoms with Crippen LogP contribution in [-0.4, -0.2) is 53.8 Å². The van der Waals surface area contributed by atoms with Gasteiger partial charge in [-0.2, -0.15) is 0 Å². The number of aromatic nitrogens is 1. The number of aryl methyl sites for hydroxylation is 1. The summed E-state index contributed by atoms with van der Waals surface area (Å²) in [5.41, 5.74) is 3.14. The number of likely N-dealkylation sites (N-methyl/N-ethyl adjacent to an activating group) is 1. The van der Waals surface area contributed by atoms with Crippen LogP contribution in [0.3, 0.4) is 0 Å². The predicted octanol–water partition coefficient (Wildman–Crippen LogP) is 4.47. The van der Waals surface area contributed by atoms with Crippen LogP contribution >= 0.6 is 11.6 Å². The minimum absolute atomic E-state index is 0.110. The van der Waals surface area contributed by atoms with Crippen LogP contribution in [-0.2, 0) is 7.05 Å². The Morgan fingerprint density at radius 1 is 1.00 bits per heavy atom. The first kappa shape index (κ1) is 24.1. The van der Waals surface area contributed by atoms with Crippen LogP contribution in [0.2, 0.25) is 5.02 Å². The van der Waals surface area contributed by atoms with Gasteiger partial charge in [-0.1, -0.05) is 23.7 Å². The number of carbonyl (C=O) groups is 1. The highest BCUT2D eigenvalue weighted by Gasteiger charge is 2.28. The molecule has 0 saturated carbocycles. The standard InChI is InChI=1S/C27H26ClFN4O3/c1-31-9-10-33(27(31)36)24-4-3-17(12-23(24)28)20-13-19(29)14-21(25(20)34)22-11-18(15-32(2)26(22)35)16-5-7-30-8-6-16/h3-5,11-15,30,34H,6-10H2,1-2H3. The molecule has 0 bridgehead atoms. The quantitative estimate of drug-likeness (QED) is 0.545. The van der Waals surface area contributed by atoms with Gasteiger partial charge in [-0.05, 0) is 60.0 Å². The predicted molar refractivity (Wildman–Crippen MR) is 140 cm³/mol. The molecule has 2 aliphatic heterocycles. The van der Waals surface area contributed by atoms with Crippen molar-refractivity contribution in [2.45, 2.75) is 6.42 Å². The number of pyridine rings is 1. The van der Waals surface area contributed by atoms with Crippen LogP contribution < -0.4 is 15.8 Å². The second-order valence-electron chi connectivity index (χ2n) is 9.11. The lowest BCUT2D eigenvalue weighted by atomic mass is 9.94. The lowest BCUT2D eigenvalue weighted by Crippen LogP contribution is -2.29. The van der Waals surface area contributed by atoms with E-state index in [0.29, 0.717) is 29.4 Å². The first-order valence-electron chi connectivity index (χ1n) is 11.7. The van der Waals surface area contributed by atoms with E-state index in [0.717, 1.165) is 30.6 Å². The summed E-state index contributed by atoms with van der Waals surface area (Å²) in [6.45, 7) is 2.66. The van der Waals surface area contributed by atoms with Crippen LogP contribution in [0.25, 0.3) is 27.8 Å². The molecule has 1 fully saturated rings. The van der Waals surface area contributed by atoms with E-state index in [1.54, 1.807) is 54.4 Å². The molecule has 9 heteroatoms. The molecule has 0 unspecified atom stereocenters. The number of carbonyl (C=O) groups excluding carboxylic acids is 1. The third kappa shape index (κ3) is 4.27. The Balaban J connectivity index is 1.59. The van der Waals surface area contributed by atoms with Crippen LogP contribution in [0, 0.1) is 5.82 Å². The first-order chi connectivity index (χ1) is 17.2. The van der Waals surface area contributed by atoms with Gasteiger partial charge in [0.25, 0.3) is 5.56 Å². The summed E-state index contributed by atoms with van der Waals surface area (Å²) in [7, 11) is 3.36. The molecular formula is C27H26ClFN4O3. The number of nitrogens with zero attached hydrogens (tertiary/aromatic N) is 3. The zero-order valence-corrected chi connectivity index (χ0v) is 20.8. The number of phenolic OH excluding ortho intramolecular Hbond substituents is 1. The lowest BCUT2D eigenvalue weighted by Gasteiger charge is -2.19. The van der Waals surface area contributed by atoms with Gasteiger partial charge in [0.1, 0.15) is 11.6 Å². The van der Waals surface area contributed by atoms with Crippen molar-refractivity contribution in [2.24, 2.45) is 7.05 Å². The van der Waals surface area contributed by atoms with E-state index >= 15 is 0 Å². The Morgan fingerprint density at radius 2 is 1.78 bits per heavy atom. The number of anilines is 1. The largest absolute Gasteiger partial charge is 0.507 e. The van der Waals surface area contributed by atoms with Crippen LogP contribution in [0.15, 0.2) is 53.5 Å². The van der Waals surface area contributed by atoms with Crippen molar-refractivity contribution >= 4 is 28.9 Å². The van der Waals surface area contributed by atoms with Gasteiger partial charge >= 0.3 is 6.03 Å². The monoisotopic (exact) mass is 508 g/mol. The molecule has 2 aliphatic rings. The molecular weight excluding hydrogens is 483 g/mol. The molecule has 3 aromatic rings. The Morgan fingerprint density at radius 3 is 2.44 bits per heavy atom. The second-order valence-corrected chi connectivity index (χ2v) is 9.52. The van der Waals surface area contributed by atoms with Crippen molar-refractivity contribution in [3.05, 3.63) is 75.4 Å². The molecule has 186 valence electrons. The van der Waals surface area contributed by atoms with Crippen molar-refractivity contribution in [2.75, 3.05) is 38.1 Å². The lowest BCUT2D eigenvalue weighted by molar-refractivity contribution is 0.229. The van der Waals surface area contributed by atoms with Crippen LogP contribution in [0.5, 0.6) is 5.75 Å². The molecule has 36 heavy (non-hydrogen) atoms. The minimum Gasteiger partial charge on any atom is -0.507 e. The molecule has 1 aromatic heterocycles. The number of benzene rings is 2. The molecule has 7 nitrogen and oxygen atoms in total. The molecule has 1 saturated heterocycles. The zero-order valence-electron chi connectivity index (χ0n) is 20.0. The van der Waals surface area contributed by atoms with Crippen molar-refractivity contribution in [1.29, 1.82) is 0 Å². The molecule has 2 N–H and O–H groups in total. The number of aromatic hydroxyl groups is 1. The summed E-state index contributed by atoms with van der Waals surface area (Å²) in [6, 6.07) is 8.90. The number of urea groups is 1. The number of amides is 2. The van der Waals surface area contributed by atoms with Gasteiger partial charge in [0, 0.05) is 51.1 Å². The maximum absolute atomic E-state index is 14.9. The van der Waals surface area contributed by atoms with Crippen molar-refractivity contribution in [3.63, 3.8) is 0 Å². The molecule has 0 radical (unpaired) electrons. The number of hydrogen-bond donors (Lipinski definition) is 2. The van der Waals surface area contributed by atoms with Gasteiger partial charge in [0.2, 0.25) is 0 Å². The maximum atomic E-state index is 14.9. The first-order valence-corrected chi connectivity index (χ1v) is 12.1. The van der Waals surface area contributed by atoms with Gasteiger partial charge in [-0.15, -0.1) is 0 Å². The summed E-state index contributed by atoms with van der Waals surface area (Å²) in [5, 5.41) is 14.8. The Hall–Kier alpha value is -3.62. The number of rotatable bonds is 4. The highest BCUT2D eigenvalue weighted by atomic mass is 35.5. The van der Waals surface area contributed by atoms with Gasteiger partial charge in [-0.3, -0.25) is 9.69 Å². The summed E-state index contributed by atoms with van der Waals surface area (Å²) >= 11 is 6.52. The molecule has 3 heterocycles. The fourth-order valence-electron chi connectivity index (χ4n) is 4.75. The van der Waals surface area contributed by atoms with Gasteiger partial charge in [0.05, 0.1) is 16.3 Å². The van der Waals surface area contributed by atoms with E-state index in [1.807, 2.05) is 0 Å². The molecule has 0 atom stereocenters. The Bertz CT molecular complexity index is 1470. The van der Waals surface area contributed by atoms with Gasteiger partial charge < -0.3 is 19.9 Å². The highest BCUT2D eigenvalue weighted by molar-refractivity contribution is 6.34. The smallest absolute Gasteiger partial charge is 0.324 e. The van der Waals surface area contributed by atoms with Gasteiger partial charge in [0.15, 0.2) is 0 Å². The molecule has 0 spiro atoms. The van der Waals surface area contributed by atoms with Gasteiger partial charge in [-0.25, -0.2) is 9.18 Å². The highest BCUT2D eigenvalue weighted by Crippen LogP contribution is 2.41. The zero-order chi connectivity index (χ0) is 25.6. The average Bonchev–Trinajstić information content (AvgIpc) is 3.20. The van der Waals surface area contributed by atoms with E-state index in [9.17, 15) is 19.1 Å². The summed E-state index contributed by atoms with van der Waals surface area (Å²) in [4.78, 5) is 28.6. The normalized spacial score (nSPS) is 16.0. The topological polar surface area (TPSA) is 77.8 Å². The minimum atomic E-state index is -0.595. The summed E-state index contributed by atoms with van der Waals surface area (Å²) in [5.74, 6) is -0.811. The van der Waals surface area contributed by atoms with Crippen molar-refractivity contribution < 1.29 is 14.3 Å². The fourth-order valence-corrected chi connectivity index (χ4v) is 5.04. The molecule has 2 amide bonds. The van der Waals surface area contributed by atoms with Crippen LogP contribution in [0.4, 0.5) is 14.9 Å². The average molecular weight is 509 g/mol. The summed E-state index contributed by atoms with van der Waals surface area (Å²) in [6.07, 6.45) is 4.63. The SMILES string of the molecule is CN1CCN(c2ccc(-c3cc(F)cc(-c4cc(C5=CCNCC5)cn(C)c4=O)c3O)cc2Cl)C1=O. The molecule has 5 rings (SSSR count). The maximum Gasteiger partial charge on any atom is 0.324 e. The van der Waals surface area contributed by atoms with E-state index in [2.05, 4.69) is 11.4 Å². The van der Waals surface area contributed by atoms with E-state index in [1.165, 1.54) is 16.7 Å². The van der Waals surface area contributed by atoms with E-state index in [-0.39, 0.29) is 34.0 Å². The number of hydrogen-bond acceptors (Lipinski definition) is 4. The number of phenols is 1. The number of nitrogens with one attached hydrogen (secondary N) is 1. The molecule has 2 aromatic carbocycles.